The molecule has 1 aliphatic rings. The van der Waals surface area contributed by atoms with E-state index >= 15 is 0 Å². The zero-order chi connectivity index (χ0) is 29.4. The fourth-order valence-electron chi connectivity index (χ4n) is 6.82. The van der Waals surface area contributed by atoms with E-state index in [1.165, 1.54) is 43.8 Å². The summed E-state index contributed by atoms with van der Waals surface area (Å²) >= 11 is 0. The number of para-hydroxylation sites is 2. The van der Waals surface area contributed by atoms with Crippen molar-refractivity contribution in [2.24, 2.45) is 0 Å². The minimum Gasteiger partial charge on any atom is -0.453 e. The van der Waals surface area contributed by atoms with Gasteiger partial charge in [0.05, 0.1) is 27.9 Å². The van der Waals surface area contributed by atoms with Crippen LogP contribution in [0.3, 0.4) is 0 Å². The van der Waals surface area contributed by atoms with Gasteiger partial charge in [-0.2, -0.15) is 0 Å². The van der Waals surface area contributed by atoms with Crippen LogP contribution in [0.5, 0.6) is 11.5 Å². The lowest BCUT2D eigenvalue weighted by Crippen LogP contribution is -2.16. The summed E-state index contributed by atoms with van der Waals surface area (Å²) in [5.74, 6) is 1.74. The van der Waals surface area contributed by atoms with Crippen molar-refractivity contribution in [1.29, 1.82) is 0 Å². The highest BCUT2D eigenvalue weighted by Crippen LogP contribution is 2.51. The number of aromatic nitrogens is 2. The molecule has 0 atom stereocenters. The maximum Gasteiger partial charge on any atom is 0.151 e. The van der Waals surface area contributed by atoms with E-state index in [1.807, 2.05) is 0 Å². The SMILES string of the molecule is Cc1ccc2c(c1)Oc1cc(C)ccc1N2c1cccc(-n2c3ccccc3c3ccc4ccn(-c5ccccc5)c4c32)c1. The number of anilines is 3. The molecule has 6 aromatic carbocycles. The third-order valence-corrected chi connectivity index (χ3v) is 8.80. The second kappa shape index (κ2) is 9.38. The Morgan fingerprint density at radius 3 is 1.95 bits per heavy atom. The molecule has 8 aromatic rings. The Morgan fingerprint density at radius 2 is 1.18 bits per heavy atom. The van der Waals surface area contributed by atoms with Crippen molar-refractivity contribution in [3.05, 3.63) is 151 Å². The number of aryl methyl sites for hydroxylation is 2. The molecule has 44 heavy (non-hydrogen) atoms. The third-order valence-electron chi connectivity index (χ3n) is 8.80. The Labute approximate surface area is 255 Å². The first-order chi connectivity index (χ1) is 21.6. The summed E-state index contributed by atoms with van der Waals surface area (Å²) in [6, 6.07) is 47.8. The first-order valence-electron chi connectivity index (χ1n) is 15.0. The van der Waals surface area contributed by atoms with Crippen molar-refractivity contribution >= 4 is 49.8 Å². The number of rotatable bonds is 3. The quantitative estimate of drug-likeness (QED) is 0.212. The van der Waals surface area contributed by atoms with Crippen LogP contribution in [0.25, 0.3) is 44.1 Å². The van der Waals surface area contributed by atoms with Crippen LogP contribution in [-0.4, -0.2) is 9.13 Å². The summed E-state index contributed by atoms with van der Waals surface area (Å²) in [7, 11) is 0. The molecule has 3 heterocycles. The molecule has 2 aromatic heterocycles. The maximum absolute atomic E-state index is 6.45. The van der Waals surface area contributed by atoms with E-state index in [-0.39, 0.29) is 0 Å². The topological polar surface area (TPSA) is 22.3 Å². The smallest absolute Gasteiger partial charge is 0.151 e. The van der Waals surface area contributed by atoms with E-state index in [0.717, 1.165) is 39.9 Å². The van der Waals surface area contributed by atoms with Crippen molar-refractivity contribution in [3.8, 4) is 22.9 Å². The van der Waals surface area contributed by atoms with Crippen LogP contribution >= 0.6 is 0 Å². The summed E-state index contributed by atoms with van der Waals surface area (Å²) < 4.78 is 11.2. The average molecular weight is 568 g/mol. The van der Waals surface area contributed by atoms with Gasteiger partial charge < -0.3 is 18.8 Å². The van der Waals surface area contributed by atoms with Crippen LogP contribution in [0.1, 0.15) is 11.1 Å². The predicted octanol–water partition coefficient (Wildman–Crippen LogP) is 10.9. The lowest BCUT2D eigenvalue weighted by atomic mass is 10.1. The van der Waals surface area contributed by atoms with Gasteiger partial charge in [0.2, 0.25) is 0 Å². The first kappa shape index (κ1) is 24.8. The lowest BCUT2D eigenvalue weighted by molar-refractivity contribution is 0.476. The Bertz CT molecular complexity index is 2340. The number of ether oxygens (including phenoxy) is 1. The lowest BCUT2D eigenvalue weighted by Gasteiger charge is -2.33. The highest BCUT2D eigenvalue weighted by Gasteiger charge is 2.27. The van der Waals surface area contributed by atoms with Crippen LogP contribution in [0.4, 0.5) is 17.1 Å². The minimum absolute atomic E-state index is 0.868. The maximum atomic E-state index is 6.45. The molecule has 0 fully saturated rings. The van der Waals surface area contributed by atoms with E-state index in [9.17, 15) is 0 Å². The Morgan fingerprint density at radius 1 is 0.500 bits per heavy atom. The molecule has 0 unspecified atom stereocenters. The Kier molecular flexibility index (Phi) is 5.29. The molecular formula is C40H29N3O. The van der Waals surface area contributed by atoms with Gasteiger partial charge in [-0.05, 0) is 91.7 Å². The Balaban J connectivity index is 1.33. The van der Waals surface area contributed by atoms with Gasteiger partial charge in [0.25, 0.3) is 0 Å². The van der Waals surface area contributed by atoms with Crippen molar-refractivity contribution in [1.82, 2.24) is 9.13 Å². The van der Waals surface area contributed by atoms with Gasteiger partial charge in [0.1, 0.15) is 0 Å². The van der Waals surface area contributed by atoms with Crippen LogP contribution in [0.15, 0.2) is 140 Å². The average Bonchev–Trinajstić information content (AvgIpc) is 3.63. The second-order valence-electron chi connectivity index (χ2n) is 11.7. The van der Waals surface area contributed by atoms with Gasteiger partial charge >= 0.3 is 0 Å². The molecule has 9 rings (SSSR count). The zero-order valence-electron chi connectivity index (χ0n) is 24.5. The van der Waals surface area contributed by atoms with Crippen molar-refractivity contribution in [2.75, 3.05) is 4.90 Å². The first-order valence-corrected chi connectivity index (χ1v) is 15.0. The van der Waals surface area contributed by atoms with Crippen LogP contribution < -0.4 is 9.64 Å². The molecule has 0 bridgehead atoms. The van der Waals surface area contributed by atoms with Crippen molar-refractivity contribution < 1.29 is 4.74 Å². The van der Waals surface area contributed by atoms with Crippen LogP contribution in [0.2, 0.25) is 0 Å². The fourth-order valence-corrected chi connectivity index (χ4v) is 6.82. The minimum atomic E-state index is 0.868. The predicted molar refractivity (Wildman–Crippen MR) is 182 cm³/mol. The van der Waals surface area contributed by atoms with E-state index in [1.54, 1.807) is 0 Å². The molecule has 0 spiro atoms. The van der Waals surface area contributed by atoms with Gasteiger partial charge in [0, 0.05) is 39.4 Å². The summed E-state index contributed by atoms with van der Waals surface area (Å²) in [6.07, 6.45) is 2.18. The van der Waals surface area contributed by atoms with Gasteiger partial charge in [-0.1, -0.05) is 66.7 Å². The van der Waals surface area contributed by atoms with E-state index in [0.29, 0.717) is 0 Å². The monoisotopic (exact) mass is 567 g/mol. The van der Waals surface area contributed by atoms with Gasteiger partial charge in [-0.15, -0.1) is 0 Å². The molecule has 4 nitrogen and oxygen atoms in total. The van der Waals surface area contributed by atoms with Crippen molar-refractivity contribution in [3.63, 3.8) is 0 Å². The molecule has 0 N–H and O–H groups in total. The summed E-state index contributed by atoms with van der Waals surface area (Å²) in [6.45, 7) is 4.21. The Hall–Kier alpha value is -5.74. The molecule has 0 radical (unpaired) electrons. The highest BCUT2D eigenvalue weighted by molar-refractivity contribution is 6.18. The van der Waals surface area contributed by atoms with Crippen LogP contribution in [0, 0.1) is 13.8 Å². The molecule has 1 aliphatic heterocycles. The van der Waals surface area contributed by atoms with Gasteiger partial charge in [0.15, 0.2) is 11.5 Å². The summed E-state index contributed by atoms with van der Waals surface area (Å²) in [4.78, 5) is 2.33. The molecule has 0 saturated heterocycles. The van der Waals surface area contributed by atoms with Gasteiger partial charge in [-0.3, -0.25) is 0 Å². The molecule has 0 amide bonds. The largest absolute Gasteiger partial charge is 0.453 e. The number of benzene rings is 6. The standard InChI is InChI=1S/C40H29N3O/c1-26-15-19-35-37(23-26)44-38-24-27(2)16-20-36(38)42(35)30-11-8-12-31(25-30)43-34-14-7-6-13-32(34)33-18-17-28-21-22-41(39(28)40(33)43)29-9-4-3-5-10-29/h3-25H,1-2H3. The molecule has 0 aliphatic carbocycles. The number of hydrogen-bond donors (Lipinski definition) is 0. The van der Waals surface area contributed by atoms with Crippen LogP contribution in [-0.2, 0) is 0 Å². The third kappa shape index (κ3) is 3.64. The number of hydrogen-bond acceptors (Lipinski definition) is 2. The number of fused-ring (bicyclic) bond motifs is 7. The summed E-state index contributed by atoms with van der Waals surface area (Å²) in [5, 5.41) is 3.69. The summed E-state index contributed by atoms with van der Waals surface area (Å²) in [5.41, 5.74) is 11.3. The fraction of sp³-hybridized carbons (Fsp3) is 0.0500. The van der Waals surface area contributed by atoms with E-state index in [4.69, 9.17) is 4.74 Å². The van der Waals surface area contributed by atoms with E-state index < -0.39 is 0 Å². The van der Waals surface area contributed by atoms with E-state index in [2.05, 4.69) is 168 Å². The number of nitrogens with zero attached hydrogens (tertiary/aromatic N) is 3. The molecule has 210 valence electrons. The zero-order valence-corrected chi connectivity index (χ0v) is 24.5. The second-order valence-corrected chi connectivity index (χ2v) is 11.7. The van der Waals surface area contributed by atoms with Crippen molar-refractivity contribution in [2.45, 2.75) is 13.8 Å². The normalized spacial score (nSPS) is 12.5. The molecule has 4 heteroatoms. The van der Waals surface area contributed by atoms with Gasteiger partial charge in [-0.25, -0.2) is 0 Å². The molecule has 0 saturated carbocycles. The highest BCUT2D eigenvalue weighted by atomic mass is 16.5. The molecular weight excluding hydrogens is 538 g/mol.